The van der Waals surface area contributed by atoms with Crippen molar-refractivity contribution in [1.29, 1.82) is 0 Å². The predicted molar refractivity (Wildman–Crippen MR) is 38.6 cm³/mol. The van der Waals surface area contributed by atoms with E-state index in [1.807, 2.05) is 6.92 Å². The van der Waals surface area contributed by atoms with Crippen molar-refractivity contribution < 1.29 is 0 Å². The van der Waals surface area contributed by atoms with Crippen LogP contribution < -0.4 is 0 Å². The van der Waals surface area contributed by atoms with Gasteiger partial charge in [-0.3, -0.25) is 0 Å². The summed E-state index contributed by atoms with van der Waals surface area (Å²) < 4.78 is 0. The molecule has 0 nitrogen and oxygen atoms in total. The summed E-state index contributed by atoms with van der Waals surface area (Å²) in [5, 5.41) is 0. The summed E-state index contributed by atoms with van der Waals surface area (Å²) in [7, 11) is 0. The van der Waals surface area contributed by atoms with Crippen LogP contribution in [0.15, 0.2) is 11.6 Å². The maximum atomic E-state index is 3.97. The third kappa shape index (κ3) is 2.15. The van der Waals surface area contributed by atoms with Crippen molar-refractivity contribution in [3.63, 3.8) is 0 Å². The minimum absolute atomic E-state index is 0.120. The summed E-state index contributed by atoms with van der Waals surface area (Å²) in [6.07, 6.45) is 2.10. The van der Waals surface area contributed by atoms with Gasteiger partial charge in [-0.05, 0) is 26.2 Å². The maximum absolute atomic E-state index is 3.97. The summed E-state index contributed by atoms with van der Waals surface area (Å²) in [5.41, 5.74) is 1.46. The second-order valence-corrected chi connectivity index (χ2v) is 2.86. The van der Waals surface area contributed by atoms with Gasteiger partial charge in [-0.15, -0.1) is 0 Å². The highest BCUT2D eigenvalue weighted by molar-refractivity contribution is 5.08. The minimum atomic E-state index is 0.120. The first-order chi connectivity index (χ1) is 3.48. The van der Waals surface area contributed by atoms with Gasteiger partial charge >= 0.3 is 0 Å². The molecule has 0 heterocycles. The van der Waals surface area contributed by atoms with Gasteiger partial charge in [0, 0.05) is 0 Å². The van der Waals surface area contributed by atoms with Crippen LogP contribution in [0.4, 0.5) is 0 Å². The van der Waals surface area contributed by atoms with Crippen molar-refractivity contribution in [1.82, 2.24) is 0 Å². The van der Waals surface area contributed by atoms with E-state index in [2.05, 4.69) is 33.8 Å². The van der Waals surface area contributed by atoms with Crippen molar-refractivity contribution >= 4 is 0 Å². The molecule has 0 aliphatic heterocycles. The van der Waals surface area contributed by atoms with Gasteiger partial charge in [-0.2, -0.15) is 0 Å². The van der Waals surface area contributed by atoms with E-state index in [1.54, 1.807) is 0 Å². The molecule has 0 aliphatic rings. The summed E-state index contributed by atoms with van der Waals surface area (Å²) in [4.78, 5) is 0. The monoisotopic (exact) mass is 111 g/mol. The molecular formula is C8H15. The summed E-state index contributed by atoms with van der Waals surface area (Å²) >= 11 is 0. The topological polar surface area (TPSA) is 0 Å². The van der Waals surface area contributed by atoms with Crippen LogP contribution in [-0.4, -0.2) is 0 Å². The highest BCUT2D eigenvalue weighted by Gasteiger charge is 2.10. The lowest BCUT2D eigenvalue weighted by Crippen LogP contribution is -2.05. The van der Waals surface area contributed by atoms with Crippen LogP contribution in [0.2, 0.25) is 0 Å². The molecular weight excluding hydrogens is 96.1 g/mol. The molecule has 0 amide bonds. The Morgan fingerprint density at radius 3 is 1.88 bits per heavy atom. The minimum Gasteiger partial charge on any atom is -0.0882 e. The molecule has 0 aromatic carbocycles. The van der Waals surface area contributed by atoms with Crippen LogP contribution >= 0.6 is 0 Å². The molecule has 0 unspecified atom stereocenters. The molecule has 0 N–H and O–H groups in total. The molecule has 0 aliphatic carbocycles. The van der Waals surface area contributed by atoms with Gasteiger partial charge in [-0.1, -0.05) is 25.5 Å². The van der Waals surface area contributed by atoms with Gasteiger partial charge in [-0.25, -0.2) is 0 Å². The zero-order valence-electron chi connectivity index (χ0n) is 6.28. The number of hydrogen-bond acceptors (Lipinski definition) is 0. The van der Waals surface area contributed by atoms with Crippen LogP contribution in [-0.2, 0) is 0 Å². The van der Waals surface area contributed by atoms with Gasteiger partial charge in [0.1, 0.15) is 0 Å². The van der Waals surface area contributed by atoms with Crippen LogP contribution in [0.25, 0.3) is 0 Å². The van der Waals surface area contributed by atoms with Gasteiger partial charge in [0.25, 0.3) is 0 Å². The lowest BCUT2D eigenvalue weighted by atomic mass is 9.88. The predicted octanol–water partition coefficient (Wildman–Crippen LogP) is 2.81. The highest BCUT2D eigenvalue weighted by Crippen LogP contribution is 2.22. The molecule has 0 aromatic rings. The molecule has 0 rings (SSSR count). The van der Waals surface area contributed by atoms with Crippen molar-refractivity contribution in [3.05, 3.63) is 18.6 Å². The first-order valence-corrected chi connectivity index (χ1v) is 2.97. The van der Waals surface area contributed by atoms with E-state index in [1.165, 1.54) is 5.57 Å². The average Bonchev–Trinajstić information content (AvgIpc) is 1.62. The van der Waals surface area contributed by atoms with E-state index >= 15 is 0 Å². The van der Waals surface area contributed by atoms with E-state index in [0.29, 0.717) is 0 Å². The first kappa shape index (κ1) is 7.74. The molecule has 8 heavy (non-hydrogen) atoms. The molecule has 0 fully saturated rings. The van der Waals surface area contributed by atoms with E-state index in [-0.39, 0.29) is 5.41 Å². The Kier molecular flexibility index (Phi) is 2.26. The molecule has 0 bridgehead atoms. The molecule has 0 aromatic heterocycles. The van der Waals surface area contributed by atoms with Crippen LogP contribution in [0.1, 0.15) is 27.7 Å². The second kappa shape index (κ2) is 2.34. The van der Waals surface area contributed by atoms with Crippen LogP contribution in [0.3, 0.4) is 0 Å². The Bertz CT molecular complexity index is 91.1. The summed E-state index contributed by atoms with van der Waals surface area (Å²) in [6.45, 7) is 12.3. The molecule has 0 saturated carbocycles. The fraction of sp³-hybridized carbons (Fsp3) is 0.625. The SMILES string of the molecule is [CH2]C(C)(C)C(C)=CC. The second-order valence-electron chi connectivity index (χ2n) is 2.86. The fourth-order valence-electron chi connectivity index (χ4n) is 0.391. The lowest BCUT2D eigenvalue weighted by molar-refractivity contribution is 0.573. The Hall–Kier alpha value is -0.260. The number of rotatable bonds is 1. The number of allylic oxidation sites excluding steroid dienone is 2. The largest absolute Gasteiger partial charge is 0.0882 e. The molecule has 0 heteroatoms. The summed E-state index contributed by atoms with van der Waals surface area (Å²) in [6, 6.07) is 0. The Labute approximate surface area is 52.6 Å². The van der Waals surface area contributed by atoms with E-state index < -0.39 is 0 Å². The van der Waals surface area contributed by atoms with E-state index in [0.717, 1.165) is 0 Å². The third-order valence-corrected chi connectivity index (χ3v) is 1.50. The van der Waals surface area contributed by atoms with Crippen molar-refractivity contribution in [3.8, 4) is 0 Å². The molecule has 0 saturated heterocycles. The number of hydrogen-bond donors (Lipinski definition) is 0. The molecule has 1 radical (unpaired) electrons. The van der Waals surface area contributed by atoms with Crippen LogP contribution in [0, 0.1) is 12.3 Å². The zero-order chi connectivity index (χ0) is 6.78. The van der Waals surface area contributed by atoms with Crippen molar-refractivity contribution in [2.45, 2.75) is 27.7 Å². The smallest absolute Gasteiger partial charge is 0.0147 e. The lowest BCUT2D eigenvalue weighted by Gasteiger charge is -2.18. The standard InChI is InChI=1S/C8H15/c1-6-7(2)8(3,4)5/h6H,3H2,1-2,4-5H3. The zero-order valence-corrected chi connectivity index (χ0v) is 6.28. The normalized spacial score (nSPS) is 14.4. The summed E-state index contributed by atoms with van der Waals surface area (Å²) in [5.74, 6) is 0. The molecule has 47 valence electrons. The van der Waals surface area contributed by atoms with Crippen molar-refractivity contribution in [2.24, 2.45) is 5.41 Å². The maximum Gasteiger partial charge on any atom is -0.0147 e. The van der Waals surface area contributed by atoms with Gasteiger partial charge in [0.05, 0.1) is 0 Å². The van der Waals surface area contributed by atoms with Crippen molar-refractivity contribution in [2.75, 3.05) is 0 Å². The van der Waals surface area contributed by atoms with E-state index in [4.69, 9.17) is 0 Å². The Morgan fingerprint density at radius 2 is 1.88 bits per heavy atom. The third-order valence-electron chi connectivity index (χ3n) is 1.50. The Balaban J connectivity index is 4.03. The van der Waals surface area contributed by atoms with Gasteiger partial charge in [0.2, 0.25) is 0 Å². The van der Waals surface area contributed by atoms with Gasteiger partial charge < -0.3 is 0 Å². The Morgan fingerprint density at radius 1 is 1.50 bits per heavy atom. The average molecular weight is 111 g/mol. The van der Waals surface area contributed by atoms with Crippen LogP contribution in [0.5, 0.6) is 0 Å². The fourth-order valence-corrected chi connectivity index (χ4v) is 0.391. The first-order valence-electron chi connectivity index (χ1n) is 2.97. The van der Waals surface area contributed by atoms with E-state index in [9.17, 15) is 0 Å². The van der Waals surface area contributed by atoms with Gasteiger partial charge in [0.15, 0.2) is 0 Å². The molecule has 0 atom stereocenters. The highest BCUT2D eigenvalue weighted by atomic mass is 14.1. The quantitative estimate of drug-likeness (QED) is 0.456. The molecule has 0 spiro atoms.